The highest BCUT2D eigenvalue weighted by Gasteiger charge is 2.20. The van der Waals surface area contributed by atoms with E-state index in [-0.39, 0.29) is 5.76 Å². The summed E-state index contributed by atoms with van der Waals surface area (Å²) in [6.45, 7) is 4.01. The van der Waals surface area contributed by atoms with Gasteiger partial charge in [-0.3, -0.25) is 0 Å². The Labute approximate surface area is 117 Å². The van der Waals surface area contributed by atoms with Crippen LogP contribution in [-0.4, -0.2) is 23.2 Å². The molecule has 0 aliphatic rings. The van der Waals surface area contributed by atoms with Crippen molar-refractivity contribution in [3.05, 3.63) is 35.7 Å². The summed E-state index contributed by atoms with van der Waals surface area (Å²) in [6.07, 6.45) is 0.571. The summed E-state index contributed by atoms with van der Waals surface area (Å²) in [5.41, 5.74) is 1.21. The Balaban J connectivity index is 2.38. The quantitative estimate of drug-likeness (QED) is 0.906. The molecule has 1 aromatic heterocycles. The Morgan fingerprint density at radius 1 is 1.35 bits per heavy atom. The standard InChI is InChI=1S/C15H17NO4/c1-9(2)8-12-13(15(17)18)20-14(16-12)10-4-6-11(19-3)7-5-10/h4-7,9H,8H2,1-3H3,(H,17,18). The molecule has 1 aromatic carbocycles. The highest BCUT2D eigenvalue weighted by Crippen LogP contribution is 2.25. The second kappa shape index (κ2) is 5.77. The maximum Gasteiger partial charge on any atom is 0.373 e. The van der Waals surface area contributed by atoms with Gasteiger partial charge in [-0.05, 0) is 36.6 Å². The van der Waals surface area contributed by atoms with E-state index < -0.39 is 5.97 Å². The number of aromatic nitrogens is 1. The monoisotopic (exact) mass is 275 g/mol. The zero-order valence-corrected chi connectivity index (χ0v) is 11.7. The van der Waals surface area contributed by atoms with E-state index in [1.807, 2.05) is 13.8 Å². The fourth-order valence-electron chi connectivity index (χ4n) is 1.90. The third-order valence-corrected chi connectivity index (χ3v) is 2.83. The minimum Gasteiger partial charge on any atom is -0.497 e. The number of ether oxygens (including phenoxy) is 1. The number of rotatable bonds is 5. The van der Waals surface area contributed by atoms with E-state index in [1.54, 1.807) is 31.4 Å². The number of benzene rings is 1. The fraction of sp³-hybridized carbons (Fsp3) is 0.333. The number of hydrogen-bond donors (Lipinski definition) is 1. The van der Waals surface area contributed by atoms with Crippen molar-refractivity contribution in [1.82, 2.24) is 4.98 Å². The molecule has 0 radical (unpaired) electrons. The molecular formula is C15H17NO4. The molecule has 0 bridgehead atoms. The zero-order valence-electron chi connectivity index (χ0n) is 11.7. The maximum absolute atomic E-state index is 11.2. The first-order valence-corrected chi connectivity index (χ1v) is 6.38. The lowest BCUT2D eigenvalue weighted by molar-refractivity contribution is 0.0661. The topological polar surface area (TPSA) is 72.6 Å². The van der Waals surface area contributed by atoms with Crippen LogP contribution >= 0.6 is 0 Å². The lowest BCUT2D eigenvalue weighted by Gasteiger charge is -2.00. The Hall–Kier alpha value is -2.30. The first kappa shape index (κ1) is 14.1. The summed E-state index contributed by atoms with van der Waals surface area (Å²) in [6, 6.07) is 7.13. The van der Waals surface area contributed by atoms with Crippen molar-refractivity contribution in [2.24, 2.45) is 5.92 Å². The van der Waals surface area contributed by atoms with Gasteiger partial charge in [0.05, 0.1) is 12.8 Å². The number of nitrogens with zero attached hydrogens (tertiary/aromatic N) is 1. The molecule has 0 saturated carbocycles. The summed E-state index contributed by atoms with van der Waals surface area (Å²) < 4.78 is 10.5. The van der Waals surface area contributed by atoms with Crippen LogP contribution in [0.15, 0.2) is 28.7 Å². The van der Waals surface area contributed by atoms with E-state index in [2.05, 4.69) is 4.98 Å². The summed E-state index contributed by atoms with van der Waals surface area (Å²) in [5.74, 6) is 0.182. The van der Waals surface area contributed by atoms with Crippen molar-refractivity contribution >= 4 is 5.97 Å². The van der Waals surface area contributed by atoms with Gasteiger partial charge < -0.3 is 14.3 Å². The maximum atomic E-state index is 11.2. The fourth-order valence-corrected chi connectivity index (χ4v) is 1.90. The Morgan fingerprint density at radius 2 is 2.00 bits per heavy atom. The lowest BCUT2D eigenvalue weighted by atomic mass is 10.1. The van der Waals surface area contributed by atoms with E-state index in [4.69, 9.17) is 14.3 Å². The highest BCUT2D eigenvalue weighted by molar-refractivity contribution is 5.86. The summed E-state index contributed by atoms with van der Waals surface area (Å²) in [7, 11) is 1.59. The van der Waals surface area contributed by atoms with Crippen LogP contribution < -0.4 is 4.74 Å². The van der Waals surface area contributed by atoms with Crippen molar-refractivity contribution in [3.8, 4) is 17.2 Å². The van der Waals surface area contributed by atoms with Gasteiger partial charge in [-0.25, -0.2) is 9.78 Å². The smallest absolute Gasteiger partial charge is 0.373 e. The molecule has 1 N–H and O–H groups in total. The largest absolute Gasteiger partial charge is 0.497 e. The number of aromatic carboxylic acids is 1. The van der Waals surface area contributed by atoms with Crippen molar-refractivity contribution in [2.45, 2.75) is 20.3 Å². The summed E-state index contributed by atoms with van der Waals surface area (Å²) in [4.78, 5) is 15.5. The van der Waals surface area contributed by atoms with Crippen LogP contribution in [0.3, 0.4) is 0 Å². The normalized spacial score (nSPS) is 10.8. The van der Waals surface area contributed by atoms with E-state index in [0.29, 0.717) is 23.9 Å². The van der Waals surface area contributed by atoms with Gasteiger partial charge in [0, 0.05) is 5.56 Å². The van der Waals surface area contributed by atoms with Gasteiger partial charge in [0.25, 0.3) is 0 Å². The average Bonchev–Trinajstić information content (AvgIpc) is 2.82. The number of carboxylic acids is 1. The molecule has 2 aromatic rings. The molecule has 5 nitrogen and oxygen atoms in total. The van der Waals surface area contributed by atoms with Crippen molar-refractivity contribution in [3.63, 3.8) is 0 Å². The van der Waals surface area contributed by atoms with Crippen LogP contribution in [-0.2, 0) is 6.42 Å². The van der Waals surface area contributed by atoms with Gasteiger partial charge in [-0.15, -0.1) is 0 Å². The van der Waals surface area contributed by atoms with Crippen LogP contribution in [0.2, 0.25) is 0 Å². The molecule has 0 saturated heterocycles. The number of hydrogen-bond acceptors (Lipinski definition) is 4. The van der Waals surface area contributed by atoms with Crippen molar-refractivity contribution in [2.75, 3.05) is 7.11 Å². The van der Waals surface area contributed by atoms with Crippen molar-refractivity contribution in [1.29, 1.82) is 0 Å². The average molecular weight is 275 g/mol. The predicted octanol–water partition coefficient (Wildman–Crippen LogP) is 3.25. The number of methoxy groups -OCH3 is 1. The van der Waals surface area contributed by atoms with Crippen LogP contribution in [0.5, 0.6) is 5.75 Å². The van der Waals surface area contributed by atoms with Gasteiger partial charge in [0.1, 0.15) is 5.75 Å². The number of carbonyl (C=O) groups is 1. The Bertz CT molecular complexity index is 599. The molecule has 2 rings (SSSR count). The summed E-state index contributed by atoms with van der Waals surface area (Å²) in [5, 5.41) is 9.17. The molecule has 0 spiro atoms. The molecule has 5 heteroatoms. The van der Waals surface area contributed by atoms with Gasteiger partial charge in [0.15, 0.2) is 0 Å². The van der Waals surface area contributed by atoms with Crippen LogP contribution in [0, 0.1) is 5.92 Å². The molecule has 106 valence electrons. The first-order valence-electron chi connectivity index (χ1n) is 6.38. The van der Waals surface area contributed by atoms with Gasteiger partial charge in [-0.1, -0.05) is 13.8 Å². The number of carboxylic acid groups (broad SMARTS) is 1. The predicted molar refractivity (Wildman–Crippen MR) is 74.0 cm³/mol. The molecule has 0 aliphatic carbocycles. The molecule has 20 heavy (non-hydrogen) atoms. The van der Waals surface area contributed by atoms with E-state index in [9.17, 15) is 4.79 Å². The third kappa shape index (κ3) is 2.99. The summed E-state index contributed by atoms with van der Waals surface area (Å²) >= 11 is 0. The molecule has 0 atom stereocenters. The minimum absolute atomic E-state index is 0.0791. The van der Waals surface area contributed by atoms with E-state index in [1.165, 1.54) is 0 Å². The number of oxazole rings is 1. The van der Waals surface area contributed by atoms with Crippen LogP contribution in [0.1, 0.15) is 30.1 Å². The third-order valence-electron chi connectivity index (χ3n) is 2.83. The Morgan fingerprint density at radius 3 is 2.50 bits per heavy atom. The van der Waals surface area contributed by atoms with Crippen LogP contribution in [0.25, 0.3) is 11.5 Å². The highest BCUT2D eigenvalue weighted by atomic mass is 16.5. The van der Waals surface area contributed by atoms with Gasteiger partial charge in [-0.2, -0.15) is 0 Å². The zero-order chi connectivity index (χ0) is 14.7. The van der Waals surface area contributed by atoms with Gasteiger partial charge >= 0.3 is 5.97 Å². The van der Waals surface area contributed by atoms with E-state index in [0.717, 1.165) is 11.3 Å². The minimum atomic E-state index is -1.09. The molecular weight excluding hydrogens is 258 g/mol. The lowest BCUT2D eigenvalue weighted by Crippen LogP contribution is -2.03. The molecule has 0 unspecified atom stereocenters. The van der Waals surface area contributed by atoms with Gasteiger partial charge in [0.2, 0.25) is 11.7 Å². The SMILES string of the molecule is COc1ccc(-c2nc(CC(C)C)c(C(=O)O)o2)cc1. The van der Waals surface area contributed by atoms with E-state index >= 15 is 0 Å². The molecule has 0 aliphatic heterocycles. The molecule has 0 fully saturated rings. The van der Waals surface area contributed by atoms with Crippen LogP contribution in [0.4, 0.5) is 0 Å². The Kier molecular flexibility index (Phi) is 4.08. The molecule has 0 amide bonds. The molecule has 1 heterocycles. The van der Waals surface area contributed by atoms with Crippen molar-refractivity contribution < 1.29 is 19.1 Å². The second-order valence-corrected chi connectivity index (χ2v) is 4.93. The second-order valence-electron chi connectivity index (χ2n) is 4.93. The first-order chi connectivity index (χ1) is 9.51.